The van der Waals surface area contributed by atoms with Crippen LogP contribution in [0.15, 0.2) is 70.5 Å². The summed E-state index contributed by atoms with van der Waals surface area (Å²) in [6.45, 7) is 4.10. The van der Waals surface area contributed by atoms with Crippen LogP contribution in [0, 0.1) is 11.0 Å². The van der Waals surface area contributed by atoms with Crippen LogP contribution >= 0.6 is 0 Å². The Hall–Kier alpha value is -4.11. The standard InChI is InChI=1S/C28H27FN5O6S2/c1-17-16-33(41(37)23-8-6-5-7-22(23)32(3)36)13-14-34(42(4,38)39)26-20(17)15-21-24(27(35)30-2)25(40-28(21)31-26)18-9-11-19(29)12-10-18/h5-12,15H,1,13-14,16H2,2-4H3,(H,30,35)/q-1. The van der Waals surface area contributed by atoms with Crippen molar-refractivity contribution in [2.45, 2.75) is 4.90 Å². The van der Waals surface area contributed by atoms with Gasteiger partial charge in [-0.25, -0.2) is 21.3 Å². The van der Waals surface area contributed by atoms with Gasteiger partial charge in [0.1, 0.15) is 22.6 Å². The van der Waals surface area contributed by atoms with Crippen molar-refractivity contribution in [3.05, 3.63) is 83.3 Å². The van der Waals surface area contributed by atoms with Crippen LogP contribution < -0.4 is 14.7 Å². The molecule has 3 heterocycles. The fourth-order valence-corrected chi connectivity index (χ4v) is 7.01. The van der Waals surface area contributed by atoms with E-state index in [1.807, 2.05) is 0 Å². The van der Waals surface area contributed by atoms with Crippen LogP contribution in [0.25, 0.3) is 28.0 Å². The average molecular weight is 613 g/mol. The molecule has 0 spiro atoms. The molecular formula is C28H27FN5O6S2-. The van der Waals surface area contributed by atoms with Crippen molar-refractivity contribution in [3.8, 4) is 11.3 Å². The van der Waals surface area contributed by atoms with Crippen LogP contribution in [0.2, 0.25) is 0 Å². The monoisotopic (exact) mass is 612 g/mol. The van der Waals surface area contributed by atoms with E-state index in [0.29, 0.717) is 21.8 Å². The van der Waals surface area contributed by atoms with Gasteiger partial charge in [0.2, 0.25) is 15.7 Å². The first kappa shape index (κ1) is 29.4. The summed E-state index contributed by atoms with van der Waals surface area (Å²) in [7, 11) is -3.00. The zero-order valence-electron chi connectivity index (χ0n) is 23.0. The normalized spacial score (nSPS) is 15.2. The van der Waals surface area contributed by atoms with Crippen LogP contribution in [0.3, 0.4) is 0 Å². The van der Waals surface area contributed by atoms with E-state index in [1.54, 1.807) is 30.3 Å². The molecule has 5 rings (SSSR count). The van der Waals surface area contributed by atoms with E-state index in [4.69, 9.17) is 4.42 Å². The molecule has 1 aliphatic heterocycles. The number of carbonyl (C=O) groups excluding carboxylic acids is 1. The minimum Gasteiger partial charge on any atom is -0.758 e. The molecule has 0 aliphatic carbocycles. The van der Waals surface area contributed by atoms with Gasteiger partial charge in [0.15, 0.2) is 5.82 Å². The maximum Gasteiger partial charge on any atom is 0.255 e. The minimum atomic E-state index is -3.90. The molecule has 1 aliphatic rings. The third-order valence-electron chi connectivity index (χ3n) is 6.79. The van der Waals surface area contributed by atoms with E-state index in [1.165, 1.54) is 42.7 Å². The Morgan fingerprint density at radius 1 is 1.19 bits per heavy atom. The van der Waals surface area contributed by atoms with Crippen molar-refractivity contribution >= 4 is 55.1 Å². The molecule has 0 fully saturated rings. The number of hydrogen-bond acceptors (Lipinski definition) is 8. The number of pyridine rings is 1. The molecule has 1 amide bonds. The number of amides is 1. The first-order valence-electron chi connectivity index (χ1n) is 12.7. The van der Waals surface area contributed by atoms with E-state index < -0.39 is 32.7 Å². The van der Waals surface area contributed by atoms with Crippen molar-refractivity contribution in [1.29, 1.82) is 0 Å². The van der Waals surface area contributed by atoms with E-state index in [2.05, 4.69) is 16.9 Å². The number of fused-ring (bicyclic) bond motifs is 2. The highest BCUT2D eigenvalue weighted by Crippen LogP contribution is 2.39. The predicted octanol–water partition coefficient (Wildman–Crippen LogP) is 3.75. The number of benzene rings is 2. The topological polar surface area (TPSA) is 139 Å². The number of anilines is 2. The highest BCUT2D eigenvalue weighted by molar-refractivity contribution is 7.92. The Balaban J connectivity index is 1.68. The lowest BCUT2D eigenvalue weighted by Gasteiger charge is -2.33. The SMILES string of the molecule is C=C1CN(S(=O)c2ccccc2N(C)[O-])CCN(S(C)(=O)=O)c2nc3oc(-c4ccc(F)cc4)c(C(=O)NC)c3cc21. The van der Waals surface area contributed by atoms with E-state index in [-0.39, 0.29) is 58.5 Å². The van der Waals surface area contributed by atoms with Gasteiger partial charge < -0.3 is 20.0 Å². The molecule has 1 atom stereocenters. The predicted molar refractivity (Wildman–Crippen MR) is 160 cm³/mol. The molecule has 11 nitrogen and oxygen atoms in total. The number of hydroxylamine groups is 1. The molecule has 2 aromatic carbocycles. The molecule has 2 aromatic heterocycles. The zero-order chi connectivity index (χ0) is 30.3. The molecule has 4 aromatic rings. The van der Waals surface area contributed by atoms with Crippen molar-refractivity contribution in [1.82, 2.24) is 14.6 Å². The number of carbonyl (C=O) groups is 1. The van der Waals surface area contributed by atoms with Gasteiger partial charge in [0.05, 0.1) is 22.1 Å². The second kappa shape index (κ2) is 11.3. The first-order chi connectivity index (χ1) is 19.9. The number of halogens is 1. The molecule has 14 heteroatoms. The lowest BCUT2D eigenvalue weighted by molar-refractivity contribution is 0.0964. The van der Waals surface area contributed by atoms with Gasteiger partial charge in [-0.15, -0.1) is 0 Å². The Morgan fingerprint density at radius 3 is 2.52 bits per heavy atom. The second-order valence-electron chi connectivity index (χ2n) is 9.62. The Morgan fingerprint density at radius 2 is 1.88 bits per heavy atom. The number of nitrogens with one attached hydrogen (secondary N) is 1. The zero-order valence-corrected chi connectivity index (χ0v) is 24.6. The van der Waals surface area contributed by atoms with Crippen molar-refractivity contribution in [2.75, 3.05) is 49.4 Å². The summed E-state index contributed by atoms with van der Waals surface area (Å²) >= 11 is 0. The summed E-state index contributed by atoms with van der Waals surface area (Å²) in [5.41, 5.74) is 1.45. The van der Waals surface area contributed by atoms with Crippen molar-refractivity contribution < 1.29 is 26.2 Å². The largest absolute Gasteiger partial charge is 0.758 e. The van der Waals surface area contributed by atoms with Crippen molar-refractivity contribution in [2.24, 2.45) is 0 Å². The van der Waals surface area contributed by atoms with Gasteiger partial charge in [0, 0.05) is 43.5 Å². The molecule has 1 N–H and O–H groups in total. The van der Waals surface area contributed by atoms with Gasteiger partial charge in [-0.1, -0.05) is 18.7 Å². The van der Waals surface area contributed by atoms with Crippen LogP contribution in [0.5, 0.6) is 0 Å². The third-order valence-corrected chi connectivity index (χ3v) is 9.45. The second-order valence-corrected chi connectivity index (χ2v) is 13.0. The van der Waals surface area contributed by atoms with Gasteiger partial charge in [-0.2, -0.15) is 4.98 Å². The summed E-state index contributed by atoms with van der Waals surface area (Å²) in [6, 6.07) is 13.4. The number of para-hydroxylation sites is 1. The Bertz CT molecular complexity index is 1840. The highest BCUT2D eigenvalue weighted by Gasteiger charge is 2.32. The molecule has 0 saturated carbocycles. The maximum absolute atomic E-state index is 13.7. The van der Waals surface area contributed by atoms with Crippen molar-refractivity contribution in [3.63, 3.8) is 0 Å². The number of hydrogen-bond donors (Lipinski definition) is 1. The number of furan rings is 1. The molecule has 220 valence electrons. The fraction of sp³-hybridized carbons (Fsp3) is 0.214. The first-order valence-corrected chi connectivity index (χ1v) is 15.6. The Labute approximate surface area is 244 Å². The van der Waals surface area contributed by atoms with E-state index >= 15 is 0 Å². The quantitative estimate of drug-likeness (QED) is 0.325. The minimum absolute atomic E-state index is 0.00143. The molecule has 0 saturated heterocycles. The van der Waals surface area contributed by atoms with Crippen LogP contribution in [-0.4, -0.2) is 67.8 Å². The summed E-state index contributed by atoms with van der Waals surface area (Å²) in [5.74, 6) is -0.785. The molecule has 0 bridgehead atoms. The number of aromatic nitrogens is 1. The summed E-state index contributed by atoms with van der Waals surface area (Å²) in [5, 5.41) is 15.6. The molecule has 0 radical (unpaired) electrons. The maximum atomic E-state index is 13.7. The lowest BCUT2D eigenvalue weighted by Crippen LogP contribution is -2.42. The summed E-state index contributed by atoms with van der Waals surface area (Å²) in [4.78, 5) is 17.9. The lowest BCUT2D eigenvalue weighted by atomic mass is 10.0. The smallest absolute Gasteiger partial charge is 0.255 e. The average Bonchev–Trinajstić information content (AvgIpc) is 3.32. The van der Waals surface area contributed by atoms with Gasteiger partial charge in [0.25, 0.3) is 5.91 Å². The third kappa shape index (κ3) is 5.41. The van der Waals surface area contributed by atoms with Gasteiger partial charge in [-0.05, 0) is 55.1 Å². The molecule has 42 heavy (non-hydrogen) atoms. The van der Waals surface area contributed by atoms with E-state index in [9.17, 15) is 27.0 Å². The number of sulfonamides is 1. The van der Waals surface area contributed by atoms with Gasteiger partial charge >= 0.3 is 0 Å². The number of nitrogens with zero attached hydrogens (tertiary/aromatic N) is 4. The summed E-state index contributed by atoms with van der Waals surface area (Å²) < 4.78 is 62.0. The van der Waals surface area contributed by atoms with E-state index in [0.717, 1.165) is 10.6 Å². The summed E-state index contributed by atoms with van der Waals surface area (Å²) in [6.07, 6.45) is 1.03. The molecule has 1 unspecified atom stereocenters. The van der Waals surface area contributed by atoms with Crippen LogP contribution in [0.4, 0.5) is 15.9 Å². The Kier molecular flexibility index (Phi) is 7.90. The molecular weight excluding hydrogens is 585 g/mol. The van der Waals surface area contributed by atoms with Crippen LogP contribution in [-0.2, 0) is 21.0 Å². The fourth-order valence-electron chi connectivity index (χ4n) is 4.77. The highest BCUT2D eigenvalue weighted by atomic mass is 32.2. The number of rotatable bonds is 6. The van der Waals surface area contributed by atoms with Crippen LogP contribution in [0.1, 0.15) is 15.9 Å². The van der Waals surface area contributed by atoms with Gasteiger partial charge in [-0.3, -0.25) is 9.10 Å².